The maximum absolute atomic E-state index is 12.3. The van der Waals surface area contributed by atoms with E-state index in [0.29, 0.717) is 6.54 Å². The Hall–Kier alpha value is 0.620. The lowest BCUT2D eigenvalue weighted by atomic mass is 10.4. The normalized spacial score (nSPS) is 31.5. The van der Waals surface area contributed by atoms with Crippen LogP contribution in [-0.4, -0.2) is 28.7 Å². The maximum atomic E-state index is 12.3. The molecule has 3 heteroatoms. The first-order valence-electron chi connectivity index (χ1n) is 2.75. The molecule has 48 valence electrons. The molecule has 0 spiro atoms. The Morgan fingerprint density at radius 3 is 2.75 bits per heavy atom. The monoisotopic (exact) mass is 229 g/mol. The van der Waals surface area contributed by atoms with Crippen molar-refractivity contribution in [2.75, 3.05) is 17.6 Å². The van der Waals surface area contributed by atoms with Crippen LogP contribution in [0.1, 0.15) is 6.42 Å². The van der Waals surface area contributed by atoms with E-state index >= 15 is 0 Å². The molecule has 1 fully saturated rings. The molecule has 0 bridgehead atoms. The number of rotatable bonds is 1. The van der Waals surface area contributed by atoms with Crippen molar-refractivity contribution >= 4 is 22.6 Å². The van der Waals surface area contributed by atoms with Crippen LogP contribution in [0.4, 0.5) is 4.39 Å². The lowest BCUT2D eigenvalue weighted by molar-refractivity contribution is 0.318. The molecule has 0 unspecified atom stereocenters. The molecule has 1 aliphatic rings. The fourth-order valence-corrected chi connectivity index (χ4v) is 1.51. The van der Waals surface area contributed by atoms with Crippen LogP contribution in [0.3, 0.4) is 0 Å². The molecule has 1 saturated heterocycles. The second-order valence-corrected chi connectivity index (χ2v) is 2.76. The molecule has 0 aliphatic carbocycles. The minimum absolute atomic E-state index is 0.551. The van der Waals surface area contributed by atoms with Gasteiger partial charge in [-0.1, -0.05) is 22.6 Å². The van der Waals surface area contributed by atoms with Crippen molar-refractivity contribution in [3.05, 3.63) is 0 Å². The summed E-state index contributed by atoms with van der Waals surface area (Å²) in [6.45, 7) is 1.60. The van der Waals surface area contributed by atoms with E-state index in [4.69, 9.17) is 0 Å². The Balaban J connectivity index is 2.22. The Labute approximate surface area is 62.4 Å². The third kappa shape index (κ3) is 1.55. The highest BCUT2D eigenvalue weighted by Gasteiger charge is 2.19. The van der Waals surface area contributed by atoms with Gasteiger partial charge < -0.3 is 0 Å². The average Bonchev–Trinajstić information content (AvgIpc) is 2.14. The van der Waals surface area contributed by atoms with Gasteiger partial charge in [0.25, 0.3) is 0 Å². The van der Waals surface area contributed by atoms with E-state index in [-0.39, 0.29) is 0 Å². The van der Waals surface area contributed by atoms with E-state index in [9.17, 15) is 4.39 Å². The van der Waals surface area contributed by atoms with Gasteiger partial charge in [-0.15, -0.1) is 0 Å². The van der Waals surface area contributed by atoms with Gasteiger partial charge in [0.2, 0.25) is 0 Å². The Morgan fingerprint density at radius 1 is 1.75 bits per heavy atom. The Morgan fingerprint density at radius 2 is 2.50 bits per heavy atom. The molecule has 0 N–H and O–H groups in total. The molecular formula is C5H9FIN. The highest BCUT2D eigenvalue weighted by molar-refractivity contribution is 14.1. The van der Waals surface area contributed by atoms with Crippen LogP contribution in [0.2, 0.25) is 0 Å². The molecular weight excluding hydrogens is 220 g/mol. The SMILES string of the molecule is F[C@H]1CCN(CI)C1. The molecule has 0 radical (unpaired) electrons. The fourth-order valence-electron chi connectivity index (χ4n) is 0.894. The largest absolute Gasteiger partial charge is 0.291 e. The zero-order valence-corrected chi connectivity index (χ0v) is 6.77. The molecule has 0 amide bonds. The van der Waals surface area contributed by atoms with Crippen molar-refractivity contribution in [1.29, 1.82) is 0 Å². The van der Waals surface area contributed by atoms with Gasteiger partial charge in [0.1, 0.15) is 6.17 Å². The van der Waals surface area contributed by atoms with Crippen molar-refractivity contribution in [3.8, 4) is 0 Å². The zero-order chi connectivity index (χ0) is 5.98. The van der Waals surface area contributed by atoms with Crippen molar-refractivity contribution in [1.82, 2.24) is 4.90 Å². The second kappa shape index (κ2) is 2.96. The third-order valence-electron chi connectivity index (χ3n) is 1.38. The summed E-state index contributed by atoms with van der Waals surface area (Å²) in [7, 11) is 0. The summed E-state index contributed by atoms with van der Waals surface area (Å²) in [5.74, 6) is 0. The van der Waals surface area contributed by atoms with Crippen LogP contribution in [0.5, 0.6) is 0 Å². The minimum atomic E-state index is -0.551. The zero-order valence-electron chi connectivity index (χ0n) is 4.61. The Kier molecular flexibility index (Phi) is 2.49. The van der Waals surface area contributed by atoms with Crippen molar-refractivity contribution in [2.24, 2.45) is 0 Å². The lowest BCUT2D eigenvalue weighted by Crippen LogP contribution is -2.18. The van der Waals surface area contributed by atoms with Crippen LogP contribution in [0.25, 0.3) is 0 Å². The summed E-state index contributed by atoms with van der Waals surface area (Å²) in [5, 5.41) is 0. The predicted molar refractivity (Wildman–Crippen MR) is 40.0 cm³/mol. The highest BCUT2D eigenvalue weighted by Crippen LogP contribution is 2.12. The summed E-state index contributed by atoms with van der Waals surface area (Å²) in [5.41, 5.74) is 0. The predicted octanol–water partition coefficient (Wildman–Crippen LogP) is 1.42. The van der Waals surface area contributed by atoms with Crippen molar-refractivity contribution < 1.29 is 4.39 Å². The topological polar surface area (TPSA) is 3.24 Å². The van der Waals surface area contributed by atoms with Crippen LogP contribution >= 0.6 is 22.6 Å². The molecule has 0 aromatic heterocycles. The Bertz CT molecular complexity index is 78.8. The molecule has 0 saturated carbocycles. The molecule has 1 rings (SSSR count). The van der Waals surface area contributed by atoms with E-state index < -0.39 is 6.17 Å². The van der Waals surface area contributed by atoms with Crippen LogP contribution in [0.15, 0.2) is 0 Å². The molecule has 8 heavy (non-hydrogen) atoms. The first-order chi connectivity index (χ1) is 3.83. The number of hydrogen-bond donors (Lipinski definition) is 0. The third-order valence-corrected chi connectivity index (χ3v) is 2.35. The summed E-state index contributed by atoms with van der Waals surface area (Å²) in [6.07, 6.45) is 0.188. The van der Waals surface area contributed by atoms with E-state index in [1.54, 1.807) is 0 Å². The molecule has 0 aromatic rings. The van der Waals surface area contributed by atoms with Crippen LogP contribution < -0.4 is 0 Å². The molecule has 1 atom stereocenters. The fraction of sp³-hybridized carbons (Fsp3) is 1.00. The van der Waals surface area contributed by atoms with E-state index in [1.807, 2.05) is 0 Å². The number of hydrogen-bond acceptors (Lipinski definition) is 1. The van der Waals surface area contributed by atoms with Gasteiger partial charge in [0, 0.05) is 13.1 Å². The van der Waals surface area contributed by atoms with Gasteiger partial charge in [-0.25, -0.2) is 4.39 Å². The highest BCUT2D eigenvalue weighted by atomic mass is 127. The molecule has 1 heterocycles. The van der Waals surface area contributed by atoms with Crippen molar-refractivity contribution in [2.45, 2.75) is 12.6 Å². The first kappa shape index (κ1) is 6.74. The van der Waals surface area contributed by atoms with Gasteiger partial charge >= 0.3 is 0 Å². The maximum Gasteiger partial charge on any atom is 0.114 e. The molecule has 1 aliphatic heterocycles. The van der Waals surface area contributed by atoms with E-state index in [1.165, 1.54) is 0 Å². The summed E-state index contributed by atoms with van der Waals surface area (Å²) >= 11 is 2.26. The molecule has 1 nitrogen and oxygen atoms in total. The summed E-state index contributed by atoms with van der Waals surface area (Å²) in [4.78, 5) is 2.12. The van der Waals surface area contributed by atoms with E-state index in [0.717, 1.165) is 17.5 Å². The standard InChI is InChI=1S/C5H9FIN/c6-5-1-2-8(3-5)4-7/h5H,1-4H2/t5-/m0/s1. The lowest BCUT2D eigenvalue weighted by Gasteiger charge is -2.07. The number of likely N-dealkylation sites (tertiary alicyclic amines) is 1. The number of nitrogens with zero attached hydrogens (tertiary/aromatic N) is 1. The van der Waals surface area contributed by atoms with Crippen LogP contribution in [0, 0.1) is 0 Å². The van der Waals surface area contributed by atoms with Crippen molar-refractivity contribution in [3.63, 3.8) is 0 Å². The van der Waals surface area contributed by atoms with Gasteiger partial charge in [-0.3, -0.25) is 4.90 Å². The van der Waals surface area contributed by atoms with Gasteiger partial charge in [0.15, 0.2) is 0 Å². The number of alkyl halides is 2. The van der Waals surface area contributed by atoms with Gasteiger partial charge in [-0.2, -0.15) is 0 Å². The first-order valence-corrected chi connectivity index (χ1v) is 4.28. The summed E-state index contributed by atoms with van der Waals surface area (Å²) < 4.78 is 13.3. The summed E-state index contributed by atoms with van der Waals surface area (Å²) in [6, 6.07) is 0. The van der Waals surface area contributed by atoms with Gasteiger partial charge in [-0.05, 0) is 6.42 Å². The van der Waals surface area contributed by atoms with E-state index in [2.05, 4.69) is 27.5 Å². The average molecular weight is 229 g/mol. The quantitative estimate of drug-likeness (QED) is 0.373. The van der Waals surface area contributed by atoms with Crippen LogP contribution in [-0.2, 0) is 0 Å². The smallest absolute Gasteiger partial charge is 0.114 e. The number of halogens is 2. The second-order valence-electron chi connectivity index (χ2n) is 2.08. The minimum Gasteiger partial charge on any atom is -0.291 e. The van der Waals surface area contributed by atoms with Gasteiger partial charge in [0.05, 0.1) is 4.55 Å². The molecule has 0 aromatic carbocycles.